The maximum atomic E-state index is 14.7. The molecule has 1 aromatic carbocycles. The van der Waals surface area contributed by atoms with Crippen LogP contribution in [0.1, 0.15) is 52.0 Å². The lowest BCUT2D eigenvalue weighted by Crippen LogP contribution is -2.37. The molecule has 1 aliphatic rings. The summed E-state index contributed by atoms with van der Waals surface area (Å²) in [5.41, 5.74) is 10.6. The van der Waals surface area contributed by atoms with E-state index in [0.29, 0.717) is 17.0 Å². The zero-order valence-electron chi connectivity index (χ0n) is 18.9. The standard InChI is InChI=1S/C20H19FN6.2C2H6/c1-27-10-12(9-24-27)19-25-18-13(6-7-23-20(18)26-19)11-2-3-14(16(21)8-11)15-4-5-17(15)22;2*1-2/h2-3,6-10,15,17H,4-5,22H2,1H3,(H,23,25,26);2*1-2H3. The molecule has 164 valence electrons. The zero-order valence-corrected chi connectivity index (χ0v) is 18.9. The van der Waals surface area contributed by atoms with Gasteiger partial charge in [-0.25, -0.2) is 14.4 Å². The lowest BCUT2D eigenvalue weighted by molar-refractivity contribution is 0.337. The Morgan fingerprint density at radius 2 is 1.87 bits per heavy atom. The molecule has 2 unspecified atom stereocenters. The number of benzene rings is 1. The number of rotatable bonds is 3. The first-order valence-corrected chi connectivity index (χ1v) is 11.0. The van der Waals surface area contributed by atoms with Gasteiger partial charge < -0.3 is 10.7 Å². The minimum Gasteiger partial charge on any atom is -0.336 e. The van der Waals surface area contributed by atoms with E-state index in [1.165, 1.54) is 0 Å². The third-order valence-electron chi connectivity index (χ3n) is 5.41. The Balaban J connectivity index is 0.000000645. The van der Waals surface area contributed by atoms with Crippen LogP contribution >= 0.6 is 0 Å². The highest BCUT2D eigenvalue weighted by molar-refractivity contribution is 5.91. The molecule has 0 saturated heterocycles. The molecular weight excluding hydrogens is 391 g/mol. The Morgan fingerprint density at radius 3 is 2.45 bits per heavy atom. The Labute approximate surface area is 182 Å². The van der Waals surface area contributed by atoms with E-state index in [1.807, 2.05) is 59.1 Å². The Bertz CT molecular complexity index is 1150. The highest BCUT2D eigenvalue weighted by Gasteiger charge is 2.31. The summed E-state index contributed by atoms with van der Waals surface area (Å²) in [7, 11) is 1.86. The van der Waals surface area contributed by atoms with E-state index < -0.39 is 0 Å². The SMILES string of the molecule is CC.CC.Cn1cc(-c2nc3nccc(-c4ccc(C5CCC5N)c(F)c4)c3[nH]2)cn1. The second-order valence-electron chi connectivity index (χ2n) is 7.13. The number of nitrogens with two attached hydrogens (primary N) is 1. The van der Waals surface area contributed by atoms with Crippen molar-refractivity contribution in [3.63, 3.8) is 0 Å². The molecule has 3 aromatic heterocycles. The smallest absolute Gasteiger partial charge is 0.178 e. The first-order chi connectivity index (χ1) is 15.1. The molecule has 0 amide bonds. The van der Waals surface area contributed by atoms with E-state index in [1.54, 1.807) is 23.1 Å². The Kier molecular flexibility index (Phi) is 7.17. The molecule has 0 aliphatic heterocycles. The lowest BCUT2D eigenvalue weighted by Gasteiger charge is -2.34. The molecule has 3 heterocycles. The summed E-state index contributed by atoms with van der Waals surface area (Å²) >= 11 is 0. The van der Waals surface area contributed by atoms with E-state index >= 15 is 0 Å². The van der Waals surface area contributed by atoms with Crippen LogP contribution in [0.15, 0.2) is 42.9 Å². The average molecular weight is 423 g/mol. The van der Waals surface area contributed by atoms with Gasteiger partial charge >= 0.3 is 0 Å². The van der Waals surface area contributed by atoms with E-state index in [9.17, 15) is 4.39 Å². The molecule has 1 saturated carbocycles. The van der Waals surface area contributed by atoms with Crippen molar-refractivity contribution >= 4 is 11.2 Å². The number of aromatic nitrogens is 5. The first-order valence-electron chi connectivity index (χ1n) is 11.0. The monoisotopic (exact) mass is 422 g/mol. The van der Waals surface area contributed by atoms with Gasteiger partial charge in [-0.2, -0.15) is 5.10 Å². The number of hydrogen-bond acceptors (Lipinski definition) is 4. The van der Waals surface area contributed by atoms with Crippen LogP contribution < -0.4 is 5.73 Å². The first kappa shape index (κ1) is 22.6. The third kappa shape index (κ3) is 4.37. The van der Waals surface area contributed by atoms with Gasteiger partial charge in [-0.05, 0) is 36.1 Å². The molecule has 4 aromatic rings. The van der Waals surface area contributed by atoms with Crippen LogP contribution in [0.3, 0.4) is 0 Å². The van der Waals surface area contributed by atoms with Gasteiger partial charge in [0.05, 0.1) is 17.3 Å². The van der Waals surface area contributed by atoms with E-state index in [4.69, 9.17) is 5.73 Å². The molecule has 0 radical (unpaired) electrons. The molecule has 0 spiro atoms. The van der Waals surface area contributed by atoms with E-state index in [0.717, 1.165) is 35.0 Å². The van der Waals surface area contributed by atoms with Crippen molar-refractivity contribution in [3.05, 3.63) is 54.2 Å². The summed E-state index contributed by atoms with van der Waals surface area (Å²) in [4.78, 5) is 12.2. The number of imidazole rings is 1. The van der Waals surface area contributed by atoms with Crippen molar-refractivity contribution in [2.45, 2.75) is 52.5 Å². The maximum Gasteiger partial charge on any atom is 0.178 e. The van der Waals surface area contributed by atoms with E-state index in [-0.39, 0.29) is 17.8 Å². The van der Waals surface area contributed by atoms with Crippen molar-refractivity contribution in [2.75, 3.05) is 0 Å². The molecule has 0 bridgehead atoms. The zero-order chi connectivity index (χ0) is 22.5. The van der Waals surface area contributed by atoms with Gasteiger partial charge in [-0.15, -0.1) is 0 Å². The number of fused-ring (bicyclic) bond motifs is 1. The number of pyridine rings is 1. The third-order valence-corrected chi connectivity index (χ3v) is 5.41. The highest BCUT2D eigenvalue weighted by atomic mass is 19.1. The van der Waals surface area contributed by atoms with Crippen LogP contribution in [0, 0.1) is 5.82 Å². The van der Waals surface area contributed by atoms with Crippen LogP contribution in [0.25, 0.3) is 33.7 Å². The molecule has 3 N–H and O–H groups in total. The van der Waals surface area contributed by atoms with Crippen molar-refractivity contribution in [1.29, 1.82) is 0 Å². The molecule has 6 nitrogen and oxygen atoms in total. The quantitative estimate of drug-likeness (QED) is 0.461. The molecule has 1 fully saturated rings. The van der Waals surface area contributed by atoms with Crippen LogP contribution in [0.4, 0.5) is 4.39 Å². The summed E-state index contributed by atoms with van der Waals surface area (Å²) in [5, 5.41) is 4.18. The lowest BCUT2D eigenvalue weighted by atomic mass is 9.75. The Morgan fingerprint density at radius 1 is 1.10 bits per heavy atom. The number of aromatic amines is 1. The van der Waals surface area contributed by atoms with E-state index in [2.05, 4.69) is 20.1 Å². The van der Waals surface area contributed by atoms with Crippen LogP contribution in [-0.2, 0) is 7.05 Å². The topological polar surface area (TPSA) is 85.4 Å². The van der Waals surface area contributed by atoms with Crippen molar-refractivity contribution in [1.82, 2.24) is 24.7 Å². The fourth-order valence-corrected chi connectivity index (χ4v) is 3.74. The minimum atomic E-state index is -0.204. The molecule has 5 rings (SSSR count). The molecule has 1 aliphatic carbocycles. The second-order valence-corrected chi connectivity index (χ2v) is 7.13. The summed E-state index contributed by atoms with van der Waals surface area (Å²) in [6.07, 6.45) is 7.23. The molecule has 7 heteroatoms. The normalized spacial score (nSPS) is 17.3. The summed E-state index contributed by atoms with van der Waals surface area (Å²) in [6, 6.07) is 7.33. The van der Waals surface area contributed by atoms with Crippen LogP contribution in [0.5, 0.6) is 0 Å². The minimum absolute atomic E-state index is 0.0626. The van der Waals surface area contributed by atoms with Crippen molar-refractivity contribution in [3.8, 4) is 22.5 Å². The van der Waals surface area contributed by atoms with Crippen LogP contribution in [-0.4, -0.2) is 30.8 Å². The number of nitrogens with one attached hydrogen (secondary N) is 1. The predicted octanol–water partition coefficient (Wildman–Crippen LogP) is 5.42. The summed E-state index contributed by atoms with van der Waals surface area (Å²) in [6.45, 7) is 8.00. The number of aryl methyl sites for hydroxylation is 1. The van der Waals surface area contributed by atoms with Gasteiger partial charge in [0.25, 0.3) is 0 Å². The molecule has 31 heavy (non-hydrogen) atoms. The fourth-order valence-electron chi connectivity index (χ4n) is 3.74. The van der Waals surface area contributed by atoms with Crippen LogP contribution in [0.2, 0.25) is 0 Å². The number of hydrogen-bond donors (Lipinski definition) is 2. The number of nitrogens with zero attached hydrogens (tertiary/aromatic N) is 4. The largest absolute Gasteiger partial charge is 0.336 e. The maximum absolute atomic E-state index is 14.7. The van der Waals surface area contributed by atoms with Gasteiger partial charge in [0.15, 0.2) is 5.65 Å². The van der Waals surface area contributed by atoms with Crippen molar-refractivity contribution < 1.29 is 4.39 Å². The summed E-state index contributed by atoms with van der Waals surface area (Å²) in [5.74, 6) is 0.612. The van der Waals surface area contributed by atoms with Gasteiger partial charge in [0, 0.05) is 37.0 Å². The molecule has 2 atom stereocenters. The second kappa shape index (κ2) is 9.83. The number of halogens is 1. The highest BCUT2D eigenvalue weighted by Crippen LogP contribution is 2.38. The van der Waals surface area contributed by atoms with Gasteiger partial charge in [-0.3, -0.25) is 4.68 Å². The summed E-state index contributed by atoms with van der Waals surface area (Å²) < 4.78 is 16.5. The average Bonchev–Trinajstić information content (AvgIpc) is 3.42. The van der Waals surface area contributed by atoms with Gasteiger partial charge in [0.2, 0.25) is 0 Å². The van der Waals surface area contributed by atoms with Crippen molar-refractivity contribution in [2.24, 2.45) is 12.8 Å². The Hall–Kier alpha value is -3.06. The number of H-pyrrole nitrogens is 1. The predicted molar refractivity (Wildman–Crippen MR) is 124 cm³/mol. The van der Waals surface area contributed by atoms with Gasteiger partial charge in [-0.1, -0.05) is 39.8 Å². The molecular formula is C24H31FN6. The fraction of sp³-hybridized carbons (Fsp3) is 0.375. The van der Waals surface area contributed by atoms with Gasteiger partial charge in [0.1, 0.15) is 11.6 Å².